The van der Waals surface area contributed by atoms with E-state index in [0.717, 1.165) is 0 Å². The molecule has 0 bridgehead atoms. The zero-order chi connectivity index (χ0) is 28.9. The van der Waals surface area contributed by atoms with E-state index in [4.69, 9.17) is 0 Å². The average molecular weight is 549 g/mol. The van der Waals surface area contributed by atoms with E-state index in [1.807, 2.05) is 36.4 Å². The van der Waals surface area contributed by atoms with Crippen molar-refractivity contribution in [3.05, 3.63) is 140 Å². The lowest BCUT2D eigenvalue weighted by atomic mass is 9.79. The Bertz CT molecular complexity index is 2300. The lowest BCUT2D eigenvalue weighted by molar-refractivity contribution is -0.384. The molecule has 8 heteroatoms. The summed E-state index contributed by atoms with van der Waals surface area (Å²) >= 11 is 0. The van der Waals surface area contributed by atoms with Crippen molar-refractivity contribution in [2.24, 2.45) is 0 Å². The van der Waals surface area contributed by atoms with Crippen LogP contribution in [0.5, 0.6) is 0 Å². The van der Waals surface area contributed by atoms with Gasteiger partial charge in [0.1, 0.15) is 0 Å². The first-order chi connectivity index (χ1) is 20.3. The molecule has 2 aliphatic carbocycles. The van der Waals surface area contributed by atoms with Crippen LogP contribution in [-0.2, 0) is 0 Å². The van der Waals surface area contributed by atoms with Crippen LogP contribution < -0.4 is 0 Å². The van der Waals surface area contributed by atoms with Crippen LogP contribution in [0.25, 0.3) is 54.9 Å². The molecular weight excluding hydrogens is 532 g/mol. The van der Waals surface area contributed by atoms with E-state index in [0.29, 0.717) is 66.1 Å². The van der Waals surface area contributed by atoms with Gasteiger partial charge in [-0.25, -0.2) is 0 Å². The highest BCUT2D eigenvalue weighted by atomic mass is 16.6. The van der Waals surface area contributed by atoms with E-state index in [9.17, 15) is 29.8 Å². The van der Waals surface area contributed by atoms with Gasteiger partial charge in [0, 0.05) is 45.2 Å². The fraction of sp³-hybridized carbons (Fsp3) is 0. The number of nitro groups is 2. The van der Waals surface area contributed by atoms with Crippen LogP contribution in [0.15, 0.2) is 97.1 Å². The lowest BCUT2D eigenvalue weighted by Crippen LogP contribution is -2.12. The van der Waals surface area contributed by atoms with E-state index >= 15 is 0 Å². The third-order valence-corrected chi connectivity index (χ3v) is 8.30. The number of hydrogen-bond donors (Lipinski definition) is 0. The van der Waals surface area contributed by atoms with E-state index in [1.54, 1.807) is 36.4 Å². The lowest BCUT2D eigenvalue weighted by Gasteiger charge is -2.23. The van der Waals surface area contributed by atoms with E-state index < -0.39 is 9.85 Å². The molecule has 2 aliphatic rings. The van der Waals surface area contributed by atoms with Crippen molar-refractivity contribution < 1.29 is 19.4 Å². The predicted molar refractivity (Wildman–Crippen MR) is 158 cm³/mol. The summed E-state index contributed by atoms with van der Waals surface area (Å²) in [6.45, 7) is 0. The zero-order valence-corrected chi connectivity index (χ0v) is 21.6. The third kappa shape index (κ3) is 3.06. The number of non-ortho nitro benzene ring substituents is 1. The molecule has 8 rings (SSSR count). The van der Waals surface area contributed by atoms with Gasteiger partial charge in [-0.15, -0.1) is 0 Å². The van der Waals surface area contributed by atoms with Crippen molar-refractivity contribution in [3.8, 4) is 33.4 Å². The quantitative estimate of drug-likeness (QED) is 0.163. The van der Waals surface area contributed by atoms with Crippen LogP contribution in [0.2, 0.25) is 0 Å². The molecule has 0 radical (unpaired) electrons. The first kappa shape index (κ1) is 23.8. The highest BCUT2D eigenvalue weighted by Crippen LogP contribution is 2.48. The molecule has 0 N–H and O–H groups in total. The second kappa shape index (κ2) is 8.25. The Morgan fingerprint density at radius 1 is 0.476 bits per heavy atom. The molecule has 0 fully saturated rings. The van der Waals surface area contributed by atoms with Crippen LogP contribution in [0.3, 0.4) is 0 Å². The molecule has 0 heterocycles. The normalized spacial score (nSPS) is 12.8. The smallest absolute Gasteiger partial charge is 0.277 e. The topological polar surface area (TPSA) is 120 Å². The Hall–Kier alpha value is -6.02. The summed E-state index contributed by atoms with van der Waals surface area (Å²) in [7, 11) is 0. The minimum absolute atomic E-state index is 0.125. The summed E-state index contributed by atoms with van der Waals surface area (Å²) in [5, 5.41) is 26.4. The minimum Gasteiger partial charge on any atom is -0.289 e. The molecule has 0 atom stereocenters. The van der Waals surface area contributed by atoms with Gasteiger partial charge in [0.15, 0.2) is 11.6 Å². The van der Waals surface area contributed by atoms with Crippen LogP contribution in [0, 0.1) is 20.2 Å². The van der Waals surface area contributed by atoms with Crippen molar-refractivity contribution in [3.63, 3.8) is 0 Å². The molecule has 0 amide bonds. The second-order valence-electron chi connectivity index (χ2n) is 10.4. The molecule has 0 unspecified atom stereocenters. The maximum atomic E-state index is 13.4. The molecule has 0 spiro atoms. The fourth-order valence-corrected chi connectivity index (χ4v) is 6.55. The van der Waals surface area contributed by atoms with Crippen LogP contribution in [0.1, 0.15) is 31.8 Å². The highest BCUT2D eigenvalue weighted by Gasteiger charge is 2.32. The Morgan fingerprint density at radius 2 is 1.10 bits per heavy atom. The molecule has 0 aliphatic heterocycles. The highest BCUT2D eigenvalue weighted by molar-refractivity contribution is 6.29. The Kier molecular flexibility index (Phi) is 4.68. The summed E-state index contributed by atoms with van der Waals surface area (Å²) in [6, 6.07) is 27.2. The molecule has 198 valence electrons. The number of nitrogens with zero attached hydrogens (tertiary/aromatic N) is 2. The van der Waals surface area contributed by atoms with Crippen LogP contribution in [-0.4, -0.2) is 21.4 Å². The molecule has 6 aromatic rings. The molecule has 0 saturated heterocycles. The summed E-state index contributed by atoms with van der Waals surface area (Å²) in [4.78, 5) is 50.1. The van der Waals surface area contributed by atoms with Gasteiger partial charge in [0.25, 0.3) is 11.4 Å². The maximum absolute atomic E-state index is 13.4. The van der Waals surface area contributed by atoms with Gasteiger partial charge in [-0.3, -0.25) is 29.8 Å². The standard InChI is InChI=1S/C34H16N2O6/c37-33-21-7-2-1-6-20(21)25-14-19(15-26-28(35(39)40)12-11-24(33)31(25)26)18-13-17-5-3-8-22-30(17)27(16-18)32-23(34(22)38)9-4-10-29(32)36(41)42/h1-16H. The molecule has 8 nitrogen and oxygen atoms in total. The fourth-order valence-electron chi connectivity index (χ4n) is 6.55. The average Bonchev–Trinajstić information content (AvgIpc) is 3.01. The van der Waals surface area contributed by atoms with E-state index in [2.05, 4.69) is 0 Å². The van der Waals surface area contributed by atoms with Gasteiger partial charge >= 0.3 is 0 Å². The van der Waals surface area contributed by atoms with E-state index in [1.165, 1.54) is 24.3 Å². The number of benzene rings is 6. The number of carbonyl (C=O) groups excluding carboxylic acids is 2. The summed E-state index contributed by atoms with van der Waals surface area (Å²) in [5.74, 6) is -0.471. The van der Waals surface area contributed by atoms with Crippen molar-refractivity contribution in [2.45, 2.75) is 0 Å². The van der Waals surface area contributed by atoms with Gasteiger partial charge in [0.2, 0.25) is 0 Å². The number of rotatable bonds is 3. The number of fused-ring (bicyclic) bond motifs is 4. The van der Waals surface area contributed by atoms with Gasteiger partial charge in [-0.05, 0) is 69.6 Å². The Balaban J connectivity index is 1.50. The molecular formula is C34H16N2O6. The third-order valence-electron chi connectivity index (χ3n) is 8.30. The summed E-state index contributed by atoms with van der Waals surface area (Å²) in [5.41, 5.74) is 4.82. The van der Waals surface area contributed by atoms with Crippen LogP contribution in [0.4, 0.5) is 11.4 Å². The molecule has 42 heavy (non-hydrogen) atoms. The molecule has 0 saturated carbocycles. The number of hydrogen-bond acceptors (Lipinski definition) is 6. The van der Waals surface area contributed by atoms with Crippen molar-refractivity contribution in [2.75, 3.05) is 0 Å². The Morgan fingerprint density at radius 3 is 1.88 bits per heavy atom. The minimum atomic E-state index is -0.489. The van der Waals surface area contributed by atoms with Gasteiger partial charge < -0.3 is 0 Å². The number of nitro benzene ring substituents is 2. The monoisotopic (exact) mass is 548 g/mol. The summed E-state index contributed by atoms with van der Waals surface area (Å²) in [6.07, 6.45) is 0. The van der Waals surface area contributed by atoms with Gasteiger partial charge in [0.05, 0.1) is 20.8 Å². The van der Waals surface area contributed by atoms with E-state index in [-0.39, 0.29) is 34.1 Å². The zero-order valence-electron chi connectivity index (χ0n) is 21.6. The predicted octanol–water partition coefficient (Wildman–Crippen LogP) is 7.90. The van der Waals surface area contributed by atoms with Crippen molar-refractivity contribution >= 4 is 44.5 Å². The summed E-state index contributed by atoms with van der Waals surface area (Å²) < 4.78 is 0. The Labute approximate surface area is 236 Å². The molecule has 6 aromatic carbocycles. The molecule has 0 aromatic heterocycles. The number of ketones is 2. The van der Waals surface area contributed by atoms with Crippen molar-refractivity contribution in [1.82, 2.24) is 0 Å². The van der Waals surface area contributed by atoms with Gasteiger partial charge in [-0.2, -0.15) is 0 Å². The SMILES string of the molecule is O=C1c2cccc([N+](=O)[O-])c2-c2cc(-c3cc4c5c(ccc([N+](=O)[O-])c5c3)C(=O)c3ccccc3-4)cc3cccc1c23. The van der Waals surface area contributed by atoms with Crippen molar-refractivity contribution in [1.29, 1.82) is 0 Å². The largest absolute Gasteiger partial charge is 0.289 e. The first-order valence-electron chi connectivity index (χ1n) is 13.1. The van der Waals surface area contributed by atoms with Crippen LogP contribution >= 0.6 is 0 Å². The maximum Gasteiger partial charge on any atom is 0.277 e. The first-order valence-corrected chi connectivity index (χ1v) is 13.1. The van der Waals surface area contributed by atoms with Gasteiger partial charge in [-0.1, -0.05) is 48.5 Å². The second-order valence-corrected chi connectivity index (χ2v) is 10.4. The number of carbonyl (C=O) groups is 2.